The van der Waals surface area contributed by atoms with Crippen LogP contribution in [-0.2, 0) is 19.1 Å². The van der Waals surface area contributed by atoms with Gasteiger partial charge in [-0.2, -0.15) is 0 Å². The summed E-state index contributed by atoms with van der Waals surface area (Å²) >= 11 is 0. The number of piperidine rings is 1. The first-order chi connectivity index (χ1) is 14.1. The van der Waals surface area contributed by atoms with Crippen molar-refractivity contribution in [1.82, 2.24) is 4.90 Å². The number of nitrogens with zero attached hydrogens (tertiary/aromatic N) is 1. The third kappa shape index (κ3) is 3.50. The Morgan fingerprint density at radius 2 is 1.62 bits per heavy atom. The maximum Gasteiger partial charge on any atom is 0.417 e. The summed E-state index contributed by atoms with van der Waals surface area (Å²) in [6, 6.07) is 15.2. The zero-order valence-electron chi connectivity index (χ0n) is 16.3. The predicted molar refractivity (Wildman–Crippen MR) is 106 cm³/mol. The van der Waals surface area contributed by atoms with Crippen LogP contribution in [0.15, 0.2) is 48.5 Å². The van der Waals surface area contributed by atoms with Gasteiger partial charge in [-0.1, -0.05) is 48.5 Å². The molecule has 0 spiro atoms. The normalized spacial score (nSPS) is 18.2. The average molecular weight is 393 g/mol. The van der Waals surface area contributed by atoms with E-state index < -0.39 is 24.0 Å². The first-order valence-corrected chi connectivity index (χ1v) is 9.95. The molecule has 29 heavy (non-hydrogen) atoms. The average Bonchev–Trinajstić information content (AvgIpc) is 3.06. The van der Waals surface area contributed by atoms with Gasteiger partial charge in [0.15, 0.2) is 0 Å². The van der Waals surface area contributed by atoms with E-state index in [1.165, 1.54) is 0 Å². The van der Waals surface area contributed by atoms with Gasteiger partial charge in [0.2, 0.25) is 5.91 Å². The molecule has 1 heterocycles. The van der Waals surface area contributed by atoms with E-state index in [-0.39, 0.29) is 25.6 Å². The van der Waals surface area contributed by atoms with Crippen LogP contribution in [0.3, 0.4) is 0 Å². The van der Waals surface area contributed by atoms with Gasteiger partial charge in [0.25, 0.3) is 0 Å². The van der Waals surface area contributed by atoms with Crippen LogP contribution in [0.2, 0.25) is 0 Å². The standard InChI is InChI=1S/C23H23NO5/c1-2-28-22(26)20-12-7-13-21(25)24(20)23(27)29-14-19-17-10-5-3-8-15(17)16-9-4-6-11-18(16)19/h3-6,8-11,19-20H,2,7,12-14H2,1H3/t20-/m0/s1. The van der Waals surface area contributed by atoms with E-state index in [0.29, 0.717) is 12.8 Å². The van der Waals surface area contributed by atoms with Gasteiger partial charge in [0, 0.05) is 12.3 Å². The summed E-state index contributed by atoms with van der Waals surface area (Å²) in [5, 5.41) is 0. The summed E-state index contributed by atoms with van der Waals surface area (Å²) < 4.78 is 10.6. The molecule has 0 aromatic heterocycles. The van der Waals surface area contributed by atoms with Crippen molar-refractivity contribution >= 4 is 18.0 Å². The Morgan fingerprint density at radius 1 is 1.00 bits per heavy atom. The summed E-state index contributed by atoms with van der Waals surface area (Å²) in [5.74, 6) is -1.06. The monoisotopic (exact) mass is 393 g/mol. The first-order valence-electron chi connectivity index (χ1n) is 9.95. The molecule has 1 aliphatic heterocycles. The van der Waals surface area contributed by atoms with Gasteiger partial charge in [0.1, 0.15) is 12.6 Å². The van der Waals surface area contributed by atoms with Crippen molar-refractivity contribution < 1.29 is 23.9 Å². The van der Waals surface area contributed by atoms with Gasteiger partial charge in [-0.25, -0.2) is 14.5 Å². The van der Waals surface area contributed by atoms with E-state index >= 15 is 0 Å². The molecule has 1 aliphatic carbocycles. The van der Waals surface area contributed by atoms with Crippen LogP contribution >= 0.6 is 0 Å². The van der Waals surface area contributed by atoms with E-state index in [1.54, 1.807) is 6.92 Å². The Morgan fingerprint density at radius 3 is 2.24 bits per heavy atom. The number of hydrogen-bond donors (Lipinski definition) is 0. The molecule has 6 nitrogen and oxygen atoms in total. The Hall–Kier alpha value is -3.15. The van der Waals surface area contributed by atoms with Gasteiger partial charge >= 0.3 is 12.1 Å². The number of fused-ring (bicyclic) bond motifs is 3. The van der Waals surface area contributed by atoms with Crippen LogP contribution in [-0.4, -0.2) is 42.1 Å². The van der Waals surface area contributed by atoms with Gasteiger partial charge in [-0.05, 0) is 42.0 Å². The Labute approximate surface area is 169 Å². The van der Waals surface area contributed by atoms with Gasteiger partial charge in [-0.15, -0.1) is 0 Å². The molecule has 4 rings (SSSR count). The molecular formula is C23H23NO5. The number of ether oxygens (including phenoxy) is 2. The van der Waals surface area contributed by atoms with Gasteiger partial charge in [0.05, 0.1) is 6.61 Å². The lowest BCUT2D eigenvalue weighted by molar-refractivity contribution is -0.155. The SMILES string of the molecule is CCOC(=O)[C@@H]1CCCC(=O)N1C(=O)OCC1c2ccccc2-c2ccccc21. The number of carbonyl (C=O) groups excluding carboxylic acids is 3. The van der Waals surface area contributed by atoms with Crippen LogP contribution in [0.4, 0.5) is 4.79 Å². The molecule has 1 saturated heterocycles. The topological polar surface area (TPSA) is 72.9 Å². The van der Waals surface area contributed by atoms with Crippen LogP contribution in [0.5, 0.6) is 0 Å². The molecular weight excluding hydrogens is 370 g/mol. The fraction of sp³-hybridized carbons (Fsp3) is 0.348. The highest BCUT2D eigenvalue weighted by atomic mass is 16.6. The quantitative estimate of drug-likeness (QED) is 0.737. The number of carbonyl (C=O) groups is 3. The lowest BCUT2D eigenvalue weighted by Gasteiger charge is -2.31. The predicted octanol–water partition coefficient (Wildman–Crippen LogP) is 3.88. The van der Waals surface area contributed by atoms with E-state index in [9.17, 15) is 14.4 Å². The highest BCUT2D eigenvalue weighted by Crippen LogP contribution is 2.44. The molecule has 0 N–H and O–H groups in total. The van der Waals surface area contributed by atoms with E-state index in [2.05, 4.69) is 12.1 Å². The lowest BCUT2D eigenvalue weighted by atomic mass is 9.98. The van der Waals surface area contributed by atoms with E-state index in [4.69, 9.17) is 9.47 Å². The van der Waals surface area contributed by atoms with Crippen molar-refractivity contribution in [2.45, 2.75) is 38.1 Å². The van der Waals surface area contributed by atoms with Crippen molar-refractivity contribution in [2.24, 2.45) is 0 Å². The summed E-state index contributed by atoms with van der Waals surface area (Å²) in [6.07, 6.45) is 0.388. The fourth-order valence-corrected chi connectivity index (χ4v) is 4.22. The molecule has 1 atom stereocenters. The lowest BCUT2D eigenvalue weighted by Crippen LogP contribution is -2.52. The molecule has 6 heteroatoms. The molecule has 2 amide bonds. The van der Waals surface area contributed by atoms with Crippen molar-refractivity contribution in [3.63, 3.8) is 0 Å². The summed E-state index contributed by atoms with van der Waals surface area (Å²) in [6.45, 7) is 1.99. The molecule has 0 bridgehead atoms. The Bertz CT molecular complexity index is 908. The van der Waals surface area contributed by atoms with Crippen LogP contribution < -0.4 is 0 Å². The molecule has 150 valence electrons. The van der Waals surface area contributed by atoms with Crippen molar-refractivity contribution in [3.05, 3.63) is 59.7 Å². The molecule has 2 aromatic rings. The number of hydrogen-bond acceptors (Lipinski definition) is 5. The second-order valence-electron chi connectivity index (χ2n) is 7.23. The van der Waals surface area contributed by atoms with Crippen LogP contribution in [0.25, 0.3) is 11.1 Å². The second-order valence-corrected chi connectivity index (χ2v) is 7.23. The highest BCUT2D eigenvalue weighted by molar-refractivity contribution is 5.97. The largest absolute Gasteiger partial charge is 0.464 e. The maximum atomic E-state index is 12.8. The smallest absolute Gasteiger partial charge is 0.417 e. The number of benzene rings is 2. The maximum absolute atomic E-state index is 12.8. The number of rotatable bonds is 4. The Kier molecular flexibility index (Phi) is 5.34. The van der Waals surface area contributed by atoms with Crippen LogP contribution in [0, 0.1) is 0 Å². The molecule has 0 unspecified atom stereocenters. The minimum absolute atomic E-state index is 0.103. The summed E-state index contributed by atoms with van der Waals surface area (Å²) in [5.41, 5.74) is 4.44. The van der Waals surface area contributed by atoms with Crippen molar-refractivity contribution in [3.8, 4) is 11.1 Å². The summed E-state index contributed by atoms with van der Waals surface area (Å²) in [7, 11) is 0. The minimum atomic E-state index is -0.910. The zero-order chi connectivity index (χ0) is 20.4. The third-order valence-electron chi connectivity index (χ3n) is 5.54. The minimum Gasteiger partial charge on any atom is -0.464 e. The number of amides is 2. The molecule has 0 saturated carbocycles. The van der Waals surface area contributed by atoms with Crippen molar-refractivity contribution in [1.29, 1.82) is 0 Å². The molecule has 1 fully saturated rings. The molecule has 2 aromatic carbocycles. The van der Waals surface area contributed by atoms with E-state index in [1.807, 2.05) is 36.4 Å². The van der Waals surface area contributed by atoms with E-state index in [0.717, 1.165) is 27.2 Å². The highest BCUT2D eigenvalue weighted by Gasteiger charge is 2.40. The van der Waals surface area contributed by atoms with Gasteiger partial charge < -0.3 is 9.47 Å². The number of imide groups is 1. The molecule has 2 aliphatic rings. The molecule has 0 radical (unpaired) electrons. The van der Waals surface area contributed by atoms with Gasteiger partial charge in [-0.3, -0.25) is 4.79 Å². The fourth-order valence-electron chi connectivity index (χ4n) is 4.22. The third-order valence-corrected chi connectivity index (χ3v) is 5.54. The zero-order valence-corrected chi connectivity index (χ0v) is 16.3. The van der Waals surface area contributed by atoms with Crippen LogP contribution in [0.1, 0.15) is 43.2 Å². The Balaban J connectivity index is 1.53. The first kappa shape index (κ1) is 19.2. The second kappa shape index (κ2) is 8.07. The number of esters is 1. The summed E-state index contributed by atoms with van der Waals surface area (Å²) in [4.78, 5) is 38.3. The van der Waals surface area contributed by atoms with Crippen molar-refractivity contribution in [2.75, 3.05) is 13.2 Å². The number of likely N-dealkylation sites (tertiary alicyclic amines) is 1.